The molecule has 30 heavy (non-hydrogen) atoms. The predicted molar refractivity (Wildman–Crippen MR) is 118 cm³/mol. The zero-order chi connectivity index (χ0) is 21.7. The topological polar surface area (TPSA) is 65.8 Å². The fourth-order valence-corrected chi connectivity index (χ4v) is 4.07. The Morgan fingerprint density at radius 1 is 1.13 bits per heavy atom. The van der Waals surface area contributed by atoms with Gasteiger partial charge in [0.1, 0.15) is 11.8 Å². The van der Waals surface area contributed by atoms with Gasteiger partial charge in [0.25, 0.3) is 5.91 Å². The van der Waals surface area contributed by atoms with Gasteiger partial charge in [-0.2, -0.15) is 0 Å². The van der Waals surface area contributed by atoms with Gasteiger partial charge < -0.3 is 14.6 Å². The quantitative estimate of drug-likeness (QED) is 0.688. The lowest BCUT2D eigenvalue weighted by Gasteiger charge is -2.36. The lowest BCUT2D eigenvalue weighted by atomic mass is 10.0. The number of carbonyl (C=O) groups excluding carboxylic acids is 2. The van der Waals surface area contributed by atoms with Crippen molar-refractivity contribution in [1.29, 1.82) is 0 Å². The molecule has 8 heteroatoms. The Labute approximate surface area is 187 Å². The van der Waals surface area contributed by atoms with Gasteiger partial charge in [0.15, 0.2) is 0 Å². The van der Waals surface area contributed by atoms with E-state index in [1.54, 1.807) is 18.4 Å². The van der Waals surface area contributed by atoms with E-state index in [2.05, 4.69) is 10.2 Å². The second-order valence-electron chi connectivity index (χ2n) is 7.96. The van der Waals surface area contributed by atoms with Crippen molar-refractivity contribution in [1.82, 2.24) is 15.1 Å². The second kappa shape index (κ2) is 10.3. The van der Waals surface area contributed by atoms with Gasteiger partial charge in [0.05, 0.1) is 23.4 Å². The van der Waals surface area contributed by atoms with Crippen LogP contribution in [0.4, 0.5) is 0 Å². The summed E-state index contributed by atoms with van der Waals surface area (Å²) in [6.07, 6.45) is 2.23. The third-order valence-corrected chi connectivity index (χ3v) is 5.68. The van der Waals surface area contributed by atoms with Crippen molar-refractivity contribution in [2.24, 2.45) is 5.92 Å². The van der Waals surface area contributed by atoms with Gasteiger partial charge in [0, 0.05) is 31.2 Å². The summed E-state index contributed by atoms with van der Waals surface area (Å²) in [6.45, 7) is 7.55. The fraction of sp³-hybridized carbons (Fsp3) is 0.455. The molecule has 1 saturated heterocycles. The molecule has 0 bridgehead atoms. The Bertz CT molecular complexity index is 863. The number of hydrogen-bond acceptors (Lipinski definition) is 4. The van der Waals surface area contributed by atoms with Gasteiger partial charge in [-0.1, -0.05) is 37.0 Å². The van der Waals surface area contributed by atoms with Gasteiger partial charge in [-0.3, -0.25) is 14.5 Å². The second-order valence-corrected chi connectivity index (χ2v) is 8.80. The van der Waals surface area contributed by atoms with Crippen LogP contribution in [0, 0.1) is 5.92 Å². The molecular weight excluding hydrogens is 425 g/mol. The largest absolute Gasteiger partial charge is 0.468 e. The first-order chi connectivity index (χ1) is 14.3. The summed E-state index contributed by atoms with van der Waals surface area (Å²) >= 11 is 12.1. The van der Waals surface area contributed by atoms with Crippen LogP contribution in [0.3, 0.4) is 0 Å². The highest BCUT2D eigenvalue weighted by molar-refractivity contribution is 6.36. The lowest BCUT2D eigenvalue weighted by molar-refractivity contribution is -0.135. The monoisotopic (exact) mass is 451 g/mol. The third kappa shape index (κ3) is 6.00. The molecule has 1 N–H and O–H groups in total. The molecule has 0 aliphatic carbocycles. The van der Waals surface area contributed by atoms with E-state index in [1.807, 2.05) is 30.9 Å². The smallest absolute Gasteiger partial charge is 0.253 e. The number of piperazine rings is 1. The Morgan fingerprint density at radius 3 is 2.47 bits per heavy atom. The Kier molecular flexibility index (Phi) is 7.81. The summed E-state index contributed by atoms with van der Waals surface area (Å²) in [5, 5.41) is 3.61. The van der Waals surface area contributed by atoms with Gasteiger partial charge in [-0.05, 0) is 42.7 Å². The van der Waals surface area contributed by atoms with Gasteiger partial charge in [-0.25, -0.2) is 0 Å². The summed E-state index contributed by atoms with van der Waals surface area (Å²) in [7, 11) is 0. The summed E-state index contributed by atoms with van der Waals surface area (Å²) in [6, 6.07) is 7.94. The summed E-state index contributed by atoms with van der Waals surface area (Å²) in [5.74, 6) is 0.742. The number of nitrogens with zero attached hydrogens (tertiary/aromatic N) is 2. The van der Waals surface area contributed by atoms with Crippen LogP contribution in [-0.4, -0.2) is 53.8 Å². The van der Waals surface area contributed by atoms with E-state index in [1.165, 1.54) is 6.07 Å². The maximum Gasteiger partial charge on any atom is 0.253 e. The molecule has 1 aromatic heterocycles. The minimum absolute atomic E-state index is 0.0558. The van der Waals surface area contributed by atoms with Crippen molar-refractivity contribution in [2.45, 2.75) is 32.9 Å². The Morgan fingerprint density at radius 2 is 1.87 bits per heavy atom. The highest BCUT2D eigenvalue weighted by Crippen LogP contribution is 2.21. The van der Waals surface area contributed by atoms with Crippen LogP contribution < -0.4 is 5.32 Å². The first-order valence-electron chi connectivity index (χ1n) is 10.1. The van der Waals surface area contributed by atoms with Crippen LogP contribution in [0.5, 0.6) is 0 Å². The highest BCUT2D eigenvalue weighted by Gasteiger charge is 2.30. The van der Waals surface area contributed by atoms with Crippen molar-refractivity contribution in [3.63, 3.8) is 0 Å². The van der Waals surface area contributed by atoms with Crippen molar-refractivity contribution in [2.75, 3.05) is 26.2 Å². The zero-order valence-corrected chi connectivity index (χ0v) is 18.7. The number of hydrogen-bond donors (Lipinski definition) is 1. The van der Waals surface area contributed by atoms with Crippen molar-refractivity contribution >= 4 is 35.0 Å². The van der Waals surface area contributed by atoms with Crippen LogP contribution in [0.2, 0.25) is 10.0 Å². The average Bonchev–Trinajstić information content (AvgIpc) is 3.20. The third-order valence-electron chi connectivity index (χ3n) is 5.13. The van der Waals surface area contributed by atoms with E-state index in [4.69, 9.17) is 27.6 Å². The highest BCUT2D eigenvalue weighted by atomic mass is 35.5. The van der Waals surface area contributed by atoms with E-state index in [-0.39, 0.29) is 22.8 Å². The fourth-order valence-electron chi connectivity index (χ4n) is 3.57. The normalized spacial score (nSPS) is 16.0. The molecule has 2 aromatic rings. The lowest BCUT2D eigenvalue weighted by Crippen LogP contribution is -2.55. The van der Waals surface area contributed by atoms with E-state index < -0.39 is 6.04 Å². The van der Waals surface area contributed by atoms with Crippen molar-refractivity contribution in [3.05, 3.63) is 58.0 Å². The number of amides is 2. The summed E-state index contributed by atoms with van der Waals surface area (Å²) in [5.41, 5.74) is 0.311. The van der Waals surface area contributed by atoms with Crippen LogP contribution >= 0.6 is 23.2 Å². The van der Waals surface area contributed by atoms with E-state index in [9.17, 15) is 9.59 Å². The number of halogens is 2. The molecule has 3 rings (SSSR count). The first-order valence-corrected chi connectivity index (χ1v) is 10.9. The molecule has 2 heterocycles. The Hall–Kier alpha value is -2.02. The molecular formula is C22H27Cl2N3O3. The summed E-state index contributed by atoms with van der Waals surface area (Å²) in [4.78, 5) is 30.0. The number of rotatable bonds is 7. The van der Waals surface area contributed by atoms with Gasteiger partial charge in [0.2, 0.25) is 5.91 Å². The molecule has 1 atom stereocenters. The van der Waals surface area contributed by atoms with Crippen LogP contribution in [-0.2, 0) is 11.3 Å². The molecule has 1 unspecified atom stereocenters. The average molecular weight is 452 g/mol. The molecule has 1 fully saturated rings. The molecule has 0 saturated carbocycles. The van der Waals surface area contributed by atoms with Gasteiger partial charge in [-0.15, -0.1) is 0 Å². The van der Waals surface area contributed by atoms with Crippen LogP contribution in [0.1, 0.15) is 36.4 Å². The minimum atomic E-state index is -0.596. The molecule has 6 nitrogen and oxygen atoms in total. The number of furan rings is 1. The summed E-state index contributed by atoms with van der Waals surface area (Å²) < 4.78 is 5.41. The Balaban J connectivity index is 1.62. The number of benzene rings is 1. The van der Waals surface area contributed by atoms with Crippen molar-refractivity contribution < 1.29 is 14.0 Å². The van der Waals surface area contributed by atoms with E-state index in [0.717, 1.165) is 25.4 Å². The number of nitrogens with one attached hydrogen (secondary N) is 1. The molecule has 0 radical (unpaired) electrons. The predicted octanol–water partition coefficient (Wildman–Crippen LogP) is 4.08. The van der Waals surface area contributed by atoms with Gasteiger partial charge >= 0.3 is 0 Å². The molecule has 1 aromatic carbocycles. The van der Waals surface area contributed by atoms with Crippen LogP contribution in [0.15, 0.2) is 41.0 Å². The molecule has 162 valence electrons. The number of carbonyl (C=O) groups is 2. The van der Waals surface area contributed by atoms with E-state index in [0.29, 0.717) is 30.1 Å². The maximum atomic E-state index is 13.2. The maximum absolute atomic E-state index is 13.2. The van der Waals surface area contributed by atoms with E-state index >= 15 is 0 Å². The molecule has 1 aliphatic heterocycles. The van der Waals surface area contributed by atoms with Crippen molar-refractivity contribution in [3.8, 4) is 0 Å². The zero-order valence-electron chi connectivity index (χ0n) is 17.2. The molecule has 2 amide bonds. The standard InChI is InChI=1S/C22H27Cl2N3O3/c1-15(2)12-20(25-21(28)18-6-5-16(23)13-19(18)24)22(29)27-9-7-26(8-10-27)14-17-4-3-11-30-17/h3-6,11,13,15,20H,7-10,12,14H2,1-2H3,(H,25,28). The minimum Gasteiger partial charge on any atom is -0.468 e. The molecule has 0 spiro atoms. The first kappa shape index (κ1) is 22.7. The molecule has 1 aliphatic rings. The van der Waals surface area contributed by atoms with Crippen LogP contribution in [0.25, 0.3) is 0 Å². The SMILES string of the molecule is CC(C)CC(NC(=O)c1ccc(Cl)cc1Cl)C(=O)N1CCN(Cc2ccco2)CC1.